The first-order valence-electron chi connectivity index (χ1n) is 2.70. The van der Waals surface area contributed by atoms with Gasteiger partial charge < -0.3 is 10.8 Å². The molecule has 0 fully saturated rings. The fourth-order valence-electron chi connectivity index (χ4n) is 0.392. The summed E-state index contributed by atoms with van der Waals surface area (Å²) < 4.78 is -0.353. The Hall–Kier alpha value is -0.420. The molecule has 0 radical (unpaired) electrons. The molecule has 0 aliphatic heterocycles. The van der Waals surface area contributed by atoms with E-state index in [9.17, 15) is 9.59 Å². The van der Waals surface area contributed by atoms with Crippen LogP contribution in [0.5, 0.6) is 0 Å². The number of carboxylic acids is 1. The standard InChI is InChI=1S/C5H8BrNO3/c6-5(10)3(7)1-2-4(8)9/h3H,1-2,7H2,(H,8,9)/t3-/m0/s1. The smallest absolute Gasteiger partial charge is 0.303 e. The molecule has 1 atom stereocenters. The Morgan fingerprint density at radius 3 is 2.40 bits per heavy atom. The first-order valence-corrected chi connectivity index (χ1v) is 3.50. The van der Waals surface area contributed by atoms with Gasteiger partial charge in [-0.25, -0.2) is 0 Å². The van der Waals surface area contributed by atoms with Crippen molar-refractivity contribution in [2.75, 3.05) is 0 Å². The maximum Gasteiger partial charge on any atom is 0.303 e. The Bertz CT molecular complexity index is 148. The minimum Gasteiger partial charge on any atom is -0.481 e. The van der Waals surface area contributed by atoms with Crippen molar-refractivity contribution in [3.63, 3.8) is 0 Å². The van der Waals surface area contributed by atoms with Gasteiger partial charge in [0, 0.05) is 6.42 Å². The molecule has 0 aliphatic carbocycles. The van der Waals surface area contributed by atoms with Gasteiger partial charge >= 0.3 is 5.97 Å². The molecule has 0 saturated heterocycles. The molecular formula is C5H8BrNO3. The van der Waals surface area contributed by atoms with Crippen LogP contribution in [0, 0.1) is 0 Å². The summed E-state index contributed by atoms with van der Waals surface area (Å²) in [6, 6.07) is -0.698. The fraction of sp³-hybridized carbons (Fsp3) is 0.600. The summed E-state index contributed by atoms with van der Waals surface area (Å²) in [5, 5.41) is 8.16. The third-order valence-electron chi connectivity index (χ3n) is 0.961. The highest BCUT2D eigenvalue weighted by atomic mass is 79.9. The fourth-order valence-corrected chi connectivity index (χ4v) is 0.621. The van der Waals surface area contributed by atoms with Crippen LogP contribution in [0.25, 0.3) is 0 Å². The van der Waals surface area contributed by atoms with E-state index in [2.05, 4.69) is 15.9 Å². The SMILES string of the molecule is N[C@@H](CCC(=O)O)C(=O)Br. The van der Waals surface area contributed by atoms with E-state index in [1.54, 1.807) is 0 Å². The Balaban J connectivity index is 3.49. The summed E-state index contributed by atoms with van der Waals surface area (Å²) in [4.78, 5) is 20.3. The van der Waals surface area contributed by atoms with Gasteiger partial charge in [0.15, 0.2) is 0 Å². The van der Waals surface area contributed by atoms with Gasteiger partial charge in [-0.05, 0) is 22.4 Å². The monoisotopic (exact) mass is 209 g/mol. The first kappa shape index (κ1) is 9.58. The van der Waals surface area contributed by atoms with Crippen LogP contribution in [0.15, 0.2) is 0 Å². The minimum absolute atomic E-state index is 0.0709. The summed E-state index contributed by atoms with van der Waals surface area (Å²) in [7, 11) is 0. The van der Waals surface area contributed by atoms with E-state index in [-0.39, 0.29) is 17.5 Å². The van der Waals surface area contributed by atoms with Crippen molar-refractivity contribution in [1.82, 2.24) is 0 Å². The molecule has 5 heteroatoms. The van der Waals surface area contributed by atoms with E-state index in [0.717, 1.165) is 0 Å². The number of carbonyl (C=O) groups excluding carboxylic acids is 1. The van der Waals surface area contributed by atoms with Gasteiger partial charge in [0.25, 0.3) is 0 Å². The van der Waals surface area contributed by atoms with Crippen molar-refractivity contribution in [2.45, 2.75) is 18.9 Å². The Kier molecular flexibility index (Phi) is 4.22. The lowest BCUT2D eigenvalue weighted by atomic mass is 10.2. The van der Waals surface area contributed by atoms with Crippen molar-refractivity contribution in [1.29, 1.82) is 0 Å². The van der Waals surface area contributed by atoms with Crippen LogP contribution in [-0.4, -0.2) is 21.8 Å². The van der Waals surface area contributed by atoms with Crippen LogP contribution in [0.4, 0.5) is 0 Å². The van der Waals surface area contributed by atoms with Crippen LogP contribution in [0.2, 0.25) is 0 Å². The average Bonchev–Trinajstić information content (AvgIpc) is 1.82. The second-order valence-electron chi connectivity index (χ2n) is 1.84. The highest BCUT2D eigenvalue weighted by Gasteiger charge is 2.10. The molecule has 0 aromatic rings. The zero-order valence-corrected chi connectivity index (χ0v) is 6.80. The van der Waals surface area contributed by atoms with Crippen molar-refractivity contribution in [3.8, 4) is 0 Å². The van der Waals surface area contributed by atoms with Gasteiger partial charge in [-0.3, -0.25) is 9.59 Å². The summed E-state index contributed by atoms with van der Waals surface area (Å²) in [6.07, 6.45) is 0.109. The van der Waals surface area contributed by atoms with E-state index < -0.39 is 12.0 Å². The van der Waals surface area contributed by atoms with Crippen LogP contribution < -0.4 is 5.73 Å². The quantitative estimate of drug-likeness (QED) is 0.644. The van der Waals surface area contributed by atoms with E-state index in [0.29, 0.717) is 0 Å². The maximum atomic E-state index is 10.4. The Labute approximate surface area is 66.5 Å². The van der Waals surface area contributed by atoms with Crippen LogP contribution in [0.1, 0.15) is 12.8 Å². The van der Waals surface area contributed by atoms with Gasteiger partial charge in [-0.2, -0.15) is 0 Å². The van der Waals surface area contributed by atoms with E-state index >= 15 is 0 Å². The number of carboxylic acid groups (broad SMARTS) is 1. The lowest BCUT2D eigenvalue weighted by Gasteiger charge is -2.01. The molecule has 0 rings (SSSR count). The zero-order valence-electron chi connectivity index (χ0n) is 5.21. The molecule has 10 heavy (non-hydrogen) atoms. The van der Waals surface area contributed by atoms with Gasteiger partial charge in [-0.15, -0.1) is 0 Å². The minimum atomic E-state index is -0.941. The molecule has 0 aromatic heterocycles. The topological polar surface area (TPSA) is 80.4 Å². The molecule has 0 heterocycles. The highest BCUT2D eigenvalue weighted by molar-refractivity contribution is 9.18. The molecule has 0 spiro atoms. The molecule has 0 amide bonds. The van der Waals surface area contributed by atoms with E-state index in [1.165, 1.54) is 0 Å². The van der Waals surface area contributed by atoms with Crippen molar-refractivity contribution >= 4 is 26.6 Å². The van der Waals surface area contributed by atoms with E-state index in [4.69, 9.17) is 10.8 Å². The van der Waals surface area contributed by atoms with Gasteiger partial charge in [0.05, 0.1) is 6.04 Å². The number of halogens is 1. The molecular weight excluding hydrogens is 202 g/mol. The Morgan fingerprint density at radius 2 is 2.10 bits per heavy atom. The van der Waals surface area contributed by atoms with Gasteiger partial charge in [0.2, 0.25) is 4.69 Å². The highest BCUT2D eigenvalue weighted by Crippen LogP contribution is 1.99. The molecule has 0 unspecified atom stereocenters. The van der Waals surface area contributed by atoms with Crippen molar-refractivity contribution < 1.29 is 14.7 Å². The van der Waals surface area contributed by atoms with Crippen LogP contribution in [0.3, 0.4) is 0 Å². The third-order valence-corrected chi connectivity index (χ3v) is 1.55. The summed E-state index contributed by atoms with van der Waals surface area (Å²) in [5.41, 5.74) is 5.21. The van der Waals surface area contributed by atoms with E-state index in [1.807, 2.05) is 0 Å². The average molecular weight is 210 g/mol. The molecule has 3 N–H and O–H groups in total. The zero-order chi connectivity index (χ0) is 8.15. The number of carbonyl (C=O) groups is 2. The molecule has 58 valence electrons. The van der Waals surface area contributed by atoms with Crippen molar-refractivity contribution in [2.24, 2.45) is 5.73 Å². The Morgan fingerprint density at radius 1 is 1.60 bits per heavy atom. The predicted molar refractivity (Wildman–Crippen MR) is 38.8 cm³/mol. The molecule has 0 bridgehead atoms. The summed E-state index contributed by atoms with van der Waals surface area (Å²) in [5.74, 6) is -0.941. The largest absolute Gasteiger partial charge is 0.481 e. The van der Waals surface area contributed by atoms with Gasteiger partial charge in [0.1, 0.15) is 0 Å². The van der Waals surface area contributed by atoms with Crippen molar-refractivity contribution in [3.05, 3.63) is 0 Å². The molecule has 4 nitrogen and oxygen atoms in total. The maximum absolute atomic E-state index is 10.4. The molecule has 0 saturated carbocycles. The molecule has 0 aliphatic rings. The number of hydrogen-bond donors (Lipinski definition) is 2. The normalized spacial score (nSPS) is 12.6. The summed E-state index contributed by atoms with van der Waals surface area (Å²) >= 11 is 2.63. The summed E-state index contributed by atoms with van der Waals surface area (Å²) in [6.45, 7) is 0. The van der Waals surface area contributed by atoms with Gasteiger partial charge in [-0.1, -0.05) is 0 Å². The number of rotatable bonds is 4. The second kappa shape index (κ2) is 4.40. The number of nitrogens with two attached hydrogens (primary N) is 1. The van der Waals surface area contributed by atoms with Crippen LogP contribution >= 0.6 is 15.9 Å². The number of hydrogen-bond acceptors (Lipinski definition) is 3. The predicted octanol–water partition coefficient (Wildman–Crippen LogP) is 0.100. The second-order valence-corrected chi connectivity index (χ2v) is 2.62. The lowest BCUT2D eigenvalue weighted by molar-refractivity contribution is -0.137. The number of aliphatic carboxylic acids is 1. The first-order chi connectivity index (χ1) is 4.54. The van der Waals surface area contributed by atoms with Crippen LogP contribution in [-0.2, 0) is 9.59 Å². The third kappa shape index (κ3) is 4.46. The lowest BCUT2D eigenvalue weighted by Crippen LogP contribution is -2.26. The molecule has 0 aromatic carbocycles.